The predicted octanol–water partition coefficient (Wildman–Crippen LogP) is 6.89. The Balaban J connectivity index is 2.02. The number of aliphatic imine (C=N–C) groups is 1. The lowest BCUT2D eigenvalue weighted by Crippen LogP contribution is -1.96. The minimum absolute atomic E-state index is 0.940. The molecule has 0 atom stereocenters. The van der Waals surface area contributed by atoms with Crippen LogP contribution in [0.1, 0.15) is 11.1 Å². The van der Waals surface area contributed by atoms with Crippen LogP contribution >= 0.6 is 38.5 Å². The van der Waals surface area contributed by atoms with Crippen LogP contribution in [0.4, 0.5) is 5.69 Å². The second kappa shape index (κ2) is 8.40. The summed E-state index contributed by atoms with van der Waals surface area (Å²) in [7, 11) is 0. The van der Waals surface area contributed by atoms with E-state index < -0.39 is 0 Å². The van der Waals surface area contributed by atoms with Crippen LogP contribution in [0.15, 0.2) is 94.4 Å². The van der Waals surface area contributed by atoms with Gasteiger partial charge >= 0.3 is 0 Å². The Morgan fingerprint density at radius 2 is 1.50 bits per heavy atom. The van der Waals surface area contributed by atoms with E-state index in [4.69, 9.17) is 4.99 Å². The number of hydrogen-bond donors (Lipinski definition) is 0. The van der Waals surface area contributed by atoms with Gasteiger partial charge in [-0.25, -0.2) is 4.99 Å². The molecule has 3 aromatic carbocycles. The van der Waals surface area contributed by atoms with Gasteiger partial charge in [-0.05, 0) is 58.5 Å². The number of hydrogen-bond acceptors (Lipinski definition) is 1. The minimum Gasteiger partial charge on any atom is -0.247 e. The normalized spacial score (nSPS) is 11.8. The molecule has 0 aliphatic heterocycles. The lowest BCUT2D eigenvalue weighted by molar-refractivity contribution is 1.47. The van der Waals surface area contributed by atoms with Gasteiger partial charge in [-0.3, -0.25) is 0 Å². The van der Waals surface area contributed by atoms with Crippen LogP contribution in [0.25, 0.3) is 6.08 Å². The molecule has 0 amide bonds. The maximum Gasteiger partial charge on any atom is 0.0770 e. The van der Waals surface area contributed by atoms with Crippen molar-refractivity contribution >= 4 is 56.0 Å². The average molecular weight is 488 g/mol. The maximum absolute atomic E-state index is 4.88. The van der Waals surface area contributed by atoms with Crippen LogP contribution in [0, 0.1) is 3.57 Å². The van der Waals surface area contributed by atoms with Gasteiger partial charge in [-0.2, -0.15) is 0 Å². The molecule has 1 nitrogen and oxygen atoms in total. The molecule has 0 unspecified atom stereocenters. The van der Waals surface area contributed by atoms with Crippen LogP contribution in [0.5, 0.6) is 0 Å². The molecule has 3 rings (SSSR count). The fourth-order valence-corrected chi connectivity index (χ4v) is 3.00. The summed E-state index contributed by atoms with van der Waals surface area (Å²) in [4.78, 5) is 4.88. The summed E-state index contributed by atoms with van der Waals surface area (Å²) < 4.78 is 2.20. The summed E-state index contributed by atoms with van der Waals surface area (Å²) in [5.74, 6) is 0. The van der Waals surface area contributed by atoms with E-state index in [1.54, 1.807) is 0 Å². The predicted molar refractivity (Wildman–Crippen MR) is 115 cm³/mol. The number of para-hydroxylation sites is 1. The molecule has 24 heavy (non-hydrogen) atoms. The summed E-state index contributed by atoms with van der Waals surface area (Å²) in [5.41, 5.74) is 4.17. The Hall–Kier alpha value is -1.72. The largest absolute Gasteiger partial charge is 0.247 e. The summed E-state index contributed by atoms with van der Waals surface area (Å²) in [6.07, 6.45) is 4.17. The summed E-state index contributed by atoms with van der Waals surface area (Å²) in [5, 5.41) is 0. The zero-order chi connectivity index (χ0) is 16.8. The quantitative estimate of drug-likeness (QED) is 0.280. The monoisotopic (exact) mass is 487 g/mol. The maximum atomic E-state index is 4.88. The van der Waals surface area contributed by atoms with Crippen molar-refractivity contribution in [2.24, 2.45) is 4.99 Å². The second-order valence-corrected chi connectivity index (χ2v) is 7.28. The van der Waals surface area contributed by atoms with Gasteiger partial charge in [0.1, 0.15) is 0 Å². The molecule has 0 N–H and O–H groups in total. The Bertz CT molecular complexity index is 868. The van der Waals surface area contributed by atoms with Gasteiger partial charge in [0.25, 0.3) is 0 Å². The Kier molecular flexibility index (Phi) is 5.99. The number of allylic oxidation sites excluding steroid dienone is 1. The van der Waals surface area contributed by atoms with Crippen LogP contribution < -0.4 is 0 Å². The standard InChI is InChI=1S/C21H15BrIN/c22-18-13-11-17(12-14-18)20(15-10-16-6-2-1-3-7-16)24-21-9-5-4-8-19(21)23/h1-15H/b15-10+,24-20?. The smallest absolute Gasteiger partial charge is 0.0770 e. The first-order valence-electron chi connectivity index (χ1n) is 7.55. The van der Waals surface area contributed by atoms with Crippen molar-refractivity contribution in [2.75, 3.05) is 0 Å². The Morgan fingerprint density at radius 1 is 0.833 bits per heavy atom. The van der Waals surface area contributed by atoms with Crippen molar-refractivity contribution in [3.05, 3.63) is 104 Å². The van der Waals surface area contributed by atoms with Gasteiger partial charge in [0, 0.05) is 13.6 Å². The lowest BCUT2D eigenvalue weighted by Gasteiger charge is -2.05. The van der Waals surface area contributed by atoms with Crippen LogP contribution in [0.3, 0.4) is 0 Å². The van der Waals surface area contributed by atoms with Crippen LogP contribution in [-0.4, -0.2) is 5.71 Å². The van der Waals surface area contributed by atoms with Crippen molar-refractivity contribution in [3.63, 3.8) is 0 Å². The third kappa shape index (κ3) is 4.65. The van der Waals surface area contributed by atoms with Crippen molar-refractivity contribution < 1.29 is 0 Å². The highest BCUT2D eigenvalue weighted by atomic mass is 127. The van der Waals surface area contributed by atoms with E-state index in [2.05, 4.69) is 81.0 Å². The molecule has 3 aromatic rings. The Labute approximate surface area is 164 Å². The van der Waals surface area contributed by atoms with E-state index in [0.29, 0.717) is 0 Å². The molecule has 0 heterocycles. The fraction of sp³-hybridized carbons (Fsp3) is 0. The van der Waals surface area contributed by atoms with E-state index in [9.17, 15) is 0 Å². The summed E-state index contributed by atoms with van der Waals surface area (Å²) in [6.45, 7) is 0. The Morgan fingerprint density at radius 3 is 2.21 bits per heavy atom. The molecule has 0 saturated heterocycles. The first-order chi connectivity index (χ1) is 11.7. The third-order valence-electron chi connectivity index (χ3n) is 3.47. The molecule has 0 saturated carbocycles. The van der Waals surface area contributed by atoms with E-state index >= 15 is 0 Å². The summed E-state index contributed by atoms with van der Waals surface area (Å²) in [6, 6.07) is 26.7. The van der Waals surface area contributed by atoms with Crippen LogP contribution in [-0.2, 0) is 0 Å². The van der Waals surface area contributed by atoms with Gasteiger partial charge in [0.05, 0.1) is 11.4 Å². The third-order valence-corrected chi connectivity index (χ3v) is 4.91. The number of nitrogens with zero attached hydrogens (tertiary/aromatic N) is 1. The topological polar surface area (TPSA) is 12.4 Å². The van der Waals surface area contributed by atoms with Gasteiger partial charge in [0.15, 0.2) is 0 Å². The van der Waals surface area contributed by atoms with E-state index in [-0.39, 0.29) is 0 Å². The van der Waals surface area contributed by atoms with E-state index in [0.717, 1.165) is 30.6 Å². The van der Waals surface area contributed by atoms with Gasteiger partial charge in [0.2, 0.25) is 0 Å². The van der Waals surface area contributed by atoms with Crippen molar-refractivity contribution in [2.45, 2.75) is 0 Å². The molecule has 0 aromatic heterocycles. The molecule has 0 spiro atoms. The molecule has 0 aliphatic carbocycles. The zero-order valence-corrected chi connectivity index (χ0v) is 16.6. The highest BCUT2D eigenvalue weighted by molar-refractivity contribution is 14.1. The number of benzene rings is 3. The van der Waals surface area contributed by atoms with Gasteiger partial charge in [-0.15, -0.1) is 0 Å². The molecule has 118 valence electrons. The molecule has 3 heteroatoms. The highest BCUT2D eigenvalue weighted by Crippen LogP contribution is 2.23. The molecular weight excluding hydrogens is 473 g/mol. The fourth-order valence-electron chi connectivity index (χ4n) is 2.23. The second-order valence-electron chi connectivity index (χ2n) is 5.20. The molecule has 0 aliphatic rings. The summed E-state index contributed by atoms with van der Waals surface area (Å²) >= 11 is 5.81. The number of rotatable bonds is 4. The highest BCUT2D eigenvalue weighted by Gasteiger charge is 2.03. The first-order valence-corrected chi connectivity index (χ1v) is 9.42. The SMILES string of the molecule is Brc1ccc(C(/C=C/c2ccccc2)=Nc2ccccc2I)cc1. The zero-order valence-electron chi connectivity index (χ0n) is 12.9. The van der Waals surface area contributed by atoms with E-state index in [1.807, 2.05) is 48.5 Å². The number of halogens is 2. The molecule has 0 radical (unpaired) electrons. The average Bonchev–Trinajstić information content (AvgIpc) is 2.62. The van der Waals surface area contributed by atoms with Gasteiger partial charge in [-0.1, -0.05) is 76.6 Å². The molecular formula is C21H15BrIN. The van der Waals surface area contributed by atoms with Gasteiger partial charge < -0.3 is 0 Å². The van der Waals surface area contributed by atoms with E-state index in [1.165, 1.54) is 0 Å². The minimum atomic E-state index is 0.940. The lowest BCUT2D eigenvalue weighted by atomic mass is 10.1. The van der Waals surface area contributed by atoms with Crippen molar-refractivity contribution in [3.8, 4) is 0 Å². The van der Waals surface area contributed by atoms with Crippen molar-refractivity contribution in [1.29, 1.82) is 0 Å². The van der Waals surface area contributed by atoms with Crippen LogP contribution in [0.2, 0.25) is 0 Å². The first kappa shape index (κ1) is 17.1. The molecule has 0 fully saturated rings. The van der Waals surface area contributed by atoms with Crippen molar-refractivity contribution in [1.82, 2.24) is 0 Å². The molecule has 0 bridgehead atoms.